The van der Waals surface area contributed by atoms with Gasteiger partial charge in [0.05, 0.1) is 0 Å². The van der Waals surface area contributed by atoms with Gasteiger partial charge in [-0.3, -0.25) is 0 Å². The largest absolute Gasteiger partial charge is 0.506 e. The lowest BCUT2D eigenvalue weighted by Crippen LogP contribution is -1.97. The van der Waals surface area contributed by atoms with Gasteiger partial charge in [-0.15, -0.1) is 0 Å². The zero-order chi connectivity index (χ0) is 9.30. The molecule has 1 N–H and O–H groups in total. The maximum absolute atomic E-state index is 12.2. The summed E-state index contributed by atoms with van der Waals surface area (Å²) in [5.74, 6) is -4.16. The summed E-state index contributed by atoms with van der Waals surface area (Å²) < 4.78 is 48.0. The van der Waals surface area contributed by atoms with Gasteiger partial charge in [0, 0.05) is 6.07 Å². The lowest BCUT2D eigenvalue weighted by Gasteiger charge is -2.01. The first kappa shape index (κ1) is 8.76. The molecule has 12 heavy (non-hydrogen) atoms. The first-order valence-corrected chi connectivity index (χ1v) is 2.85. The number of aromatic nitrogens is 1. The second kappa shape index (κ2) is 2.96. The molecular formula is C6H3F4NO. The zero-order valence-corrected chi connectivity index (χ0v) is 5.56. The second-order valence-electron chi connectivity index (χ2n) is 1.97. The molecule has 1 aromatic heterocycles. The van der Waals surface area contributed by atoms with Crippen molar-refractivity contribution in [1.29, 1.82) is 0 Å². The van der Waals surface area contributed by atoms with E-state index >= 15 is 0 Å². The monoisotopic (exact) mass is 181 g/mol. The normalized spacial score (nSPS) is 10.8. The Morgan fingerprint density at radius 3 is 2.42 bits per heavy atom. The highest BCUT2D eigenvalue weighted by Crippen LogP contribution is 2.26. The third-order valence-electron chi connectivity index (χ3n) is 1.15. The predicted molar refractivity (Wildman–Crippen MR) is 30.8 cm³/mol. The van der Waals surface area contributed by atoms with Crippen LogP contribution in [0.25, 0.3) is 0 Å². The Balaban J connectivity index is 3.23. The second-order valence-corrected chi connectivity index (χ2v) is 1.97. The van der Waals surface area contributed by atoms with Crippen molar-refractivity contribution in [2.24, 2.45) is 0 Å². The number of aromatic hydroxyl groups is 1. The Labute approximate surface area is 64.5 Å². The Bertz CT molecular complexity index is 302. The van der Waals surface area contributed by atoms with E-state index in [2.05, 4.69) is 4.98 Å². The third kappa shape index (κ3) is 1.46. The molecule has 1 aromatic rings. The highest BCUT2D eigenvalue weighted by Gasteiger charge is 2.18. The minimum atomic E-state index is -3.12. The highest BCUT2D eigenvalue weighted by atomic mass is 19.3. The average Bonchev–Trinajstić information content (AvgIpc) is 1.96. The van der Waals surface area contributed by atoms with Crippen LogP contribution in [0.5, 0.6) is 5.75 Å². The van der Waals surface area contributed by atoms with Crippen molar-refractivity contribution in [1.82, 2.24) is 4.98 Å². The van der Waals surface area contributed by atoms with Gasteiger partial charge in [-0.1, -0.05) is 0 Å². The number of rotatable bonds is 1. The number of alkyl halides is 2. The van der Waals surface area contributed by atoms with E-state index < -0.39 is 29.6 Å². The fraction of sp³-hybridized carbons (Fsp3) is 0.167. The molecule has 0 bridgehead atoms. The maximum Gasteiger partial charge on any atom is 0.284 e. The Hall–Kier alpha value is -1.33. The van der Waals surface area contributed by atoms with Crippen LogP contribution in [0.4, 0.5) is 17.6 Å². The van der Waals surface area contributed by atoms with E-state index in [0.717, 1.165) is 0 Å². The number of pyridine rings is 1. The number of hydrogen-bond acceptors (Lipinski definition) is 2. The van der Waals surface area contributed by atoms with E-state index in [1.807, 2.05) is 0 Å². The van der Waals surface area contributed by atoms with Gasteiger partial charge in [-0.25, -0.2) is 18.2 Å². The van der Waals surface area contributed by atoms with Gasteiger partial charge in [-0.05, 0) is 0 Å². The number of nitrogens with zero attached hydrogens (tertiary/aromatic N) is 1. The summed E-state index contributed by atoms with van der Waals surface area (Å²) in [6.45, 7) is 0. The lowest BCUT2D eigenvalue weighted by atomic mass is 10.3. The molecule has 0 spiro atoms. The predicted octanol–water partition coefficient (Wildman–Crippen LogP) is 2.00. The van der Waals surface area contributed by atoms with Crippen LogP contribution < -0.4 is 0 Å². The van der Waals surface area contributed by atoms with E-state index in [0.29, 0.717) is 0 Å². The molecular weight excluding hydrogens is 178 g/mol. The summed E-state index contributed by atoms with van der Waals surface area (Å²) in [6.07, 6.45) is -3.12. The van der Waals surface area contributed by atoms with Crippen LogP contribution in [0.2, 0.25) is 0 Å². The summed E-state index contributed by atoms with van der Waals surface area (Å²) in [7, 11) is 0. The molecule has 0 aliphatic heterocycles. The van der Waals surface area contributed by atoms with Crippen molar-refractivity contribution in [2.45, 2.75) is 6.43 Å². The summed E-state index contributed by atoms with van der Waals surface area (Å²) in [5, 5.41) is 8.64. The van der Waals surface area contributed by atoms with Crippen molar-refractivity contribution in [3.63, 3.8) is 0 Å². The zero-order valence-electron chi connectivity index (χ0n) is 5.56. The lowest BCUT2D eigenvalue weighted by molar-refractivity contribution is 0.140. The molecule has 0 aliphatic carbocycles. The summed E-state index contributed by atoms with van der Waals surface area (Å²) >= 11 is 0. The van der Waals surface area contributed by atoms with E-state index in [1.165, 1.54) is 0 Å². The fourth-order valence-electron chi connectivity index (χ4n) is 0.631. The SMILES string of the molecule is Oc1cc(F)c(F)nc1C(F)F. The van der Waals surface area contributed by atoms with Crippen molar-refractivity contribution in [2.75, 3.05) is 0 Å². The Kier molecular flexibility index (Phi) is 2.16. The van der Waals surface area contributed by atoms with E-state index in [-0.39, 0.29) is 6.07 Å². The van der Waals surface area contributed by atoms with Crippen LogP contribution in [0.1, 0.15) is 12.1 Å². The molecule has 0 radical (unpaired) electrons. The van der Waals surface area contributed by atoms with Crippen LogP contribution in [0.15, 0.2) is 6.07 Å². The standard InChI is InChI=1S/C6H3F4NO/c7-2-1-3(12)4(5(8)9)11-6(2)10/h1,5,12H. The van der Waals surface area contributed by atoms with Gasteiger partial charge in [0.15, 0.2) is 11.5 Å². The van der Waals surface area contributed by atoms with Gasteiger partial charge >= 0.3 is 0 Å². The summed E-state index contributed by atoms with van der Waals surface area (Å²) in [6, 6.07) is 0.254. The van der Waals surface area contributed by atoms with Crippen LogP contribution in [0.3, 0.4) is 0 Å². The minimum Gasteiger partial charge on any atom is -0.506 e. The van der Waals surface area contributed by atoms with Crippen LogP contribution in [-0.2, 0) is 0 Å². The van der Waals surface area contributed by atoms with Crippen LogP contribution >= 0.6 is 0 Å². The molecule has 0 aliphatic rings. The van der Waals surface area contributed by atoms with Crippen molar-refractivity contribution < 1.29 is 22.7 Å². The highest BCUT2D eigenvalue weighted by molar-refractivity contribution is 5.27. The van der Waals surface area contributed by atoms with Crippen LogP contribution in [0, 0.1) is 11.8 Å². The molecule has 2 nitrogen and oxygen atoms in total. The van der Waals surface area contributed by atoms with Gasteiger partial charge in [0.2, 0.25) is 5.95 Å². The minimum absolute atomic E-state index is 0.254. The first-order chi connectivity index (χ1) is 5.52. The van der Waals surface area contributed by atoms with Crippen molar-refractivity contribution >= 4 is 0 Å². The van der Waals surface area contributed by atoms with E-state index in [1.54, 1.807) is 0 Å². The summed E-state index contributed by atoms with van der Waals surface area (Å²) in [4.78, 5) is 2.53. The molecule has 0 saturated heterocycles. The molecule has 0 aromatic carbocycles. The van der Waals surface area contributed by atoms with Crippen molar-refractivity contribution in [3.05, 3.63) is 23.5 Å². The van der Waals surface area contributed by atoms with Crippen molar-refractivity contribution in [3.8, 4) is 5.75 Å². The van der Waals surface area contributed by atoms with Gasteiger partial charge in [0.1, 0.15) is 5.75 Å². The molecule has 1 heterocycles. The maximum atomic E-state index is 12.2. The molecule has 1 rings (SSSR count). The smallest absolute Gasteiger partial charge is 0.284 e. The first-order valence-electron chi connectivity index (χ1n) is 2.85. The molecule has 0 fully saturated rings. The number of hydrogen-bond donors (Lipinski definition) is 1. The van der Waals surface area contributed by atoms with Gasteiger partial charge in [0.25, 0.3) is 6.43 Å². The van der Waals surface area contributed by atoms with Gasteiger partial charge in [-0.2, -0.15) is 4.39 Å². The number of halogens is 4. The topological polar surface area (TPSA) is 33.1 Å². The molecule has 0 amide bonds. The molecule has 66 valence electrons. The molecule has 0 saturated carbocycles. The van der Waals surface area contributed by atoms with E-state index in [9.17, 15) is 17.6 Å². The third-order valence-corrected chi connectivity index (χ3v) is 1.15. The van der Waals surface area contributed by atoms with Gasteiger partial charge < -0.3 is 5.11 Å². The summed E-state index contributed by atoms with van der Waals surface area (Å²) in [5.41, 5.74) is -1.16. The molecule has 0 atom stereocenters. The molecule has 6 heteroatoms. The average molecular weight is 181 g/mol. The molecule has 0 unspecified atom stereocenters. The fourth-order valence-corrected chi connectivity index (χ4v) is 0.631. The van der Waals surface area contributed by atoms with E-state index in [4.69, 9.17) is 5.11 Å². The Morgan fingerprint density at radius 2 is 1.92 bits per heavy atom. The van der Waals surface area contributed by atoms with Crippen LogP contribution in [-0.4, -0.2) is 10.1 Å². The quantitative estimate of drug-likeness (QED) is 0.531. The Morgan fingerprint density at radius 1 is 1.33 bits per heavy atom.